The first kappa shape index (κ1) is 11.8. The number of thioether (sulfide) groups is 1. The molecule has 0 amide bonds. The molecular weight excluding hydrogens is 224 g/mol. The van der Waals surface area contributed by atoms with Crippen LogP contribution in [0.4, 0.5) is 0 Å². The predicted octanol–water partition coefficient (Wildman–Crippen LogP) is 0.787. The molecule has 2 rings (SSSR count). The Bertz CT molecular complexity index is 330. The van der Waals surface area contributed by atoms with E-state index in [4.69, 9.17) is 10.5 Å². The number of fused-ring (bicyclic) bond motifs is 1. The lowest BCUT2D eigenvalue weighted by Gasteiger charge is -2.32. The standard InChI is InChI=1S/C11H18N2O2S/c1-3-15-11(14)9-7-4-5-13(2)6-8(7)16-10(9)12/h7-8H,3-6,12H2,1-2H3/t7-,8+/m0/s1. The second kappa shape index (κ2) is 4.67. The smallest absolute Gasteiger partial charge is 0.336 e. The molecule has 2 atom stereocenters. The van der Waals surface area contributed by atoms with Crippen LogP contribution in [-0.4, -0.2) is 42.9 Å². The van der Waals surface area contributed by atoms with Crippen LogP contribution in [0.25, 0.3) is 0 Å². The second-order valence-electron chi connectivity index (χ2n) is 4.31. The Morgan fingerprint density at radius 1 is 1.69 bits per heavy atom. The van der Waals surface area contributed by atoms with E-state index >= 15 is 0 Å². The molecule has 1 saturated heterocycles. The first-order chi connectivity index (χ1) is 7.63. The van der Waals surface area contributed by atoms with E-state index in [9.17, 15) is 4.79 Å². The maximum atomic E-state index is 11.8. The number of esters is 1. The number of ether oxygens (including phenoxy) is 1. The molecule has 90 valence electrons. The van der Waals surface area contributed by atoms with Crippen LogP contribution in [0.2, 0.25) is 0 Å². The lowest BCUT2D eigenvalue weighted by molar-refractivity contribution is -0.139. The van der Waals surface area contributed by atoms with Gasteiger partial charge in [0.25, 0.3) is 0 Å². The van der Waals surface area contributed by atoms with Crippen molar-refractivity contribution in [1.29, 1.82) is 0 Å². The highest BCUT2D eigenvalue weighted by atomic mass is 32.2. The minimum atomic E-state index is -0.218. The third kappa shape index (κ3) is 2.06. The van der Waals surface area contributed by atoms with E-state index < -0.39 is 0 Å². The summed E-state index contributed by atoms with van der Waals surface area (Å²) in [5.41, 5.74) is 6.67. The number of piperidine rings is 1. The number of hydrogen-bond acceptors (Lipinski definition) is 5. The second-order valence-corrected chi connectivity index (χ2v) is 5.59. The molecule has 0 unspecified atom stereocenters. The zero-order valence-corrected chi connectivity index (χ0v) is 10.5. The molecule has 0 saturated carbocycles. The van der Waals surface area contributed by atoms with Gasteiger partial charge in [-0.2, -0.15) is 0 Å². The van der Waals surface area contributed by atoms with Crippen LogP contribution in [0.1, 0.15) is 13.3 Å². The van der Waals surface area contributed by atoms with Gasteiger partial charge in [0.05, 0.1) is 17.2 Å². The summed E-state index contributed by atoms with van der Waals surface area (Å²) >= 11 is 1.63. The summed E-state index contributed by atoms with van der Waals surface area (Å²) in [7, 11) is 2.11. The summed E-state index contributed by atoms with van der Waals surface area (Å²) in [4.78, 5) is 14.1. The highest BCUT2D eigenvalue weighted by Crippen LogP contribution is 2.44. The SMILES string of the molecule is CCOC(=O)C1=C(N)S[C@@H]2CN(C)CC[C@H]12. The van der Waals surface area contributed by atoms with E-state index in [0.29, 0.717) is 22.8 Å². The Labute approximate surface area is 100 Å². The average molecular weight is 242 g/mol. The van der Waals surface area contributed by atoms with Crippen molar-refractivity contribution in [2.75, 3.05) is 26.7 Å². The Kier molecular flexibility index (Phi) is 3.44. The van der Waals surface area contributed by atoms with Crippen LogP contribution in [0.5, 0.6) is 0 Å². The molecular formula is C11H18N2O2S. The Morgan fingerprint density at radius 2 is 2.44 bits per heavy atom. The molecule has 0 aliphatic carbocycles. The van der Waals surface area contributed by atoms with E-state index in [0.717, 1.165) is 25.1 Å². The molecule has 0 aromatic heterocycles. The minimum Gasteiger partial charge on any atom is -0.463 e. The number of nitrogens with zero attached hydrogens (tertiary/aromatic N) is 1. The van der Waals surface area contributed by atoms with Crippen molar-refractivity contribution < 1.29 is 9.53 Å². The molecule has 2 aliphatic heterocycles. The van der Waals surface area contributed by atoms with Gasteiger partial charge in [0.2, 0.25) is 0 Å². The zero-order chi connectivity index (χ0) is 11.7. The summed E-state index contributed by atoms with van der Waals surface area (Å²) in [5, 5.41) is 1.10. The fraction of sp³-hybridized carbons (Fsp3) is 0.727. The van der Waals surface area contributed by atoms with Crippen molar-refractivity contribution in [3.05, 3.63) is 10.6 Å². The number of likely N-dealkylation sites (tertiary alicyclic amines) is 1. The van der Waals surface area contributed by atoms with Crippen molar-refractivity contribution in [3.63, 3.8) is 0 Å². The van der Waals surface area contributed by atoms with E-state index in [1.165, 1.54) is 0 Å². The van der Waals surface area contributed by atoms with Crippen LogP contribution in [0.3, 0.4) is 0 Å². The van der Waals surface area contributed by atoms with Gasteiger partial charge in [-0.3, -0.25) is 0 Å². The number of rotatable bonds is 2. The van der Waals surface area contributed by atoms with Gasteiger partial charge in [0, 0.05) is 17.7 Å². The first-order valence-corrected chi connectivity index (χ1v) is 6.53. The largest absolute Gasteiger partial charge is 0.463 e. The van der Waals surface area contributed by atoms with Gasteiger partial charge in [-0.15, -0.1) is 11.8 Å². The highest BCUT2D eigenvalue weighted by molar-refractivity contribution is 8.04. The van der Waals surface area contributed by atoms with Gasteiger partial charge in [0.1, 0.15) is 0 Å². The Balaban J connectivity index is 2.13. The molecule has 0 spiro atoms. The first-order valence-electron chi connectivity index (χ1n) is 5.65. The molecule has 0 radical (unpaired) electrons. The highest BCUT2D eigenvalue weighted by Gasteiger charge is 2.41. The van der Waals surface area contributed by atoms with Crippen molar-refractivity contribution in [3.8, 4) is 0 Å². The lowest BCUT2D eigenvalue weighted by atomic mass is 9.89. The van der Waals surface area contributed by atoms with E-state index in [-0.39, 0.29) is 5.97 Å². The number of nitrogens with two attached hydrogens (primary N) is 1. The van der Waals surface area contributed by atoms with Gasteiger partial charge in [-0.05, 0) is 26.9 Å². The molecule has 16 heavy (non-hydrogen) atoms. The molecule has 2 heterocycles. The fourth-order valence-corrected chi connectivity index (χ4v) is 3.84. The lowest BCUT2D eigenvalue weighted by Crippen LogP contribution is -2.39. The van der Waals surface area contributed by atoms with Gasteiger partial charge < -0.3 is 15.4 Å². The molecule has 5 heteroatoms. The summed E-state index contributed by atoms with van der Waals surface area (Å²) in [6.07, 6.45) is 1.00. The van der Waals surface area contributed by atoms with E-state index in [2.05, 4.69) is 11.9 Å². The third-order valence-electron chi connectivity index (χ3n) is 3.17. The Hall–Kier alpha value is -0.680. The molecule has 2 aliphatic rings. The van der Waals surface area contributed by atoms with Crippen LogP contribution >= 0.6 is 11.8 Å². The normalized spacial score (nSPS) is 30.4. The van der Waals surface area contributed by atoms with Gasteiger partial charge in [0.15, 0.2) is 0 Å². The average Bonchev–Trinajstić information content (AvgIpc) is 2.53. The monoisotopic (exact) mass is 242 g/mol. The molecule has 0 bridgehead atoms. The third-order valence-corrected chi connectivity index (χ3v) is 4.43. The molecule has 2 N–H and O–H groups in total. The quantitative estimate of drug-likeness (QED) is 0.725. The predicted molar refractivity (Wildman–Crippen MR) is 64.8 cm³/mol. The van der Waals surface area contributed by atoms with Crippen molar-refractivity contribution in [2.45, 2.75) is 18.6 Å². The molecule has 0 aromatic rings. The van der Waals surface area contributed by atoms with Crippen molar-refractivity contribution >= 4 is 17.7 Å². The summed E-state index contributed by atoms with van der Waals surface area (Å²) in [6.45, 7) is 4.26. The van der Waals surface area contributed by atoms with Crippen LogP contribution in [0, 0.1) is 5.92 Å². The summed E-state index contributed by atoms with van der Waals surface area (Å²) < 4.78 is 5.07. The fourth-order valence-electron chi connectivity index (χ4n) is 2.39. The van der Waals surface area contributed by atoms with Crippen LogP contribution in [-0.2, 0) is 9.53 Å². The number of carbonyl (C=O) groups is 1. The summed E-state index contributed by atoms with van der Waals surface area (Å²) in [5.74, 6) is 0.0739. The van der Waals surface area contributed by atoms with Crippen LogP contribution in [0.15, 0.2) is 10.6 Å². The minimum absolute atomic E-state index is 0.218. The topological polar surface area (TPSA) is 55.6 Å². The number of carbonyl (C=O) groups excluding carboxylic acids is 1. The molecule has 4 nitrogen and oxygen atoms in total. The maximum Gasteiger partial charge on any atom is 0.336 e. The number of hydrogen-bond donors (Lipinski definition) is 1. The van der Waals surface area contributed by atoms with E-state index in [1.807, 2.05) is 6.92 Å². The van der Waals surface area contributed by atoms with Crippen molar-refractivity contribution in [2.24, 2.45) is 11.7 Å². The molecule has 1 fully saturated rings. The zero-order valence-electron chi connectivity index (χ0n) is 9.73. The van der Waals surface area contributed by atoms with Gasteiger partial charge in [-0.25, -0.2) is 4.79 Å². The van der Waals surface area contributed by atoms with Crippen LogP contribution < -0.4 is 5.73 Å². The van der Waals surface area contributed by atoms with Gasteiger partial charge in [-0.1, -0.05) is 0 Å². The Morgan fingerprint density at radius 3 is 3.12 bits per heavy atom. The van der Waals surface area contributed by atoms with E-state index in [1.54, 1.807) is 11.8 Å². The van der Waals surface area contributed by atoms with Crippen molar-refractivity contribution in [1.82, 2.24) is 4.90 Å². The summed E-state index contributed by atoms with van der Waals surface area (Å²) in [6, 6.07) is 0. The maximum absolute atomic E-state index is 11.8. The van der Waals surface area contributed by atoms with Gasteiger partial charge >= 0.3 is 5.97 Å². The molecule has 0 aromatic carbocycles.